The van der Waals surface area contributed by atoms with Gasteiger partial charge in [-0.1, -0.05) is 48.0 Å². The molecule has 1 amide bonds. The van der Waals surface area contributed by atoms with Gasteiger partial charge in [-0.15, -0.1) is 11.3 Å². The number of alkyl halides is 3. The zero-order valence-electron chi connectivity index (χ0n) is 19.4. The van der Waals surface area contributed by atoms with Crippen LogP contribution in [-0.2, 0) is 32.4 Å². The topological polar surface area (TPSA) is 45.2 Å². The lowest BCUT2D eigenvalue weighted by atomic mass is 10.1. The first-order chi connectivity index (χ1) is 17.7. The van der Waals surface area contributed by atoms with Gasteiger partial charge in [-0.3, -0.25) is 9.69 Å². The van der Waals surface area contributed by atoms with Crippen LogP contribution in [0.5, 0.6) is 0 Å². The van der Waals surface area contributed by atoms with Gasteiger partial charge in [0.25, 0.3) is 5.91 Å². The number of nitrogens with zero attached hydrogens (tertiary/aromatic N) is 2. The van der Waals surface area contributed by atoms with Gasteiger partial charge >= 0.3 is 6.18 Å². The monoisotopic (exact) mass is 547 g/mol. The molecule has 4 nitrogen and oxygen atoms in total. The second-order valence-electron chi connectivity index (χ2n) is 8.41. The molecule has 0 aliphatic carbocycles. The number of hydrogen-bond donors (Lipinski definition) is 1. The number of halogens is 5. The fraction of sp³-hybridized carbons (Fsp3) is 0.185. The summed E-state index contributed by atoms with van der Waals surface area (Å²) in [5.41, 5.74) is 1.72. The Hall–Kier alpha value is -3.27. The van der Waals surface area contributed by atoms with E-state index in [0.717, 1.165) is 23.3 Å². The summed E-state index contributed by atoms with van der Waals surface area (Å²) in [4.78, 5) is 19.1. The molecule has 4 aromatic rings. The van der Waals surface area contributed by atoms with Crippen LogP contribution in [0.1, 0.15) is 37.7 Å². The van der Waals surface area contributed by atoms with Gasteiger partial charge < -0.3 is 5.32 Å². The van der Waals surface area contributed by atoms with Gasteiger partial charge in [-0.2, -0.15) is 13.2 Å². The molecular weight excluding hydrogens is 526 g/mol. The molecule has 0 fully saturated rings. The molecule has 3 aromatic carbocycles. The molecule has 0 aliphatic heterocycles. The molecule has 0 saturated carbocycles. The average Bonchev–Trinajstić information content (AvgIpc) is 3.33. The zero-order chi connectivity index (χ0) is 26.4. The summed E-state index contributed by atoms with van der Waals surface area (Å²) in [5, 5.41) is 5.58. The van der Waals surface area contributed by atoms with E-state index in [9.17, 15) is 22.4 Å². The third-order valence-electron chi connectivity index (χ3n) is 5.49. The van der Waals surface area contributed by atoms with Crippen molar-refractivity contribution in [3.63, 3.8) is 0 Å². The van der Waals surface area contributed by atoms with Crippen LogP contribution in [0.3, 0.4) is 0 Å². The Labute approximate surface area is 220 Å². The van der Waals surface area contributed by atoms with Crippen molar-refractivity contribution in [3.05, 3.63) is 122 Å². The Morgan fingerprint density at radius 2 is 1.57 bits per heavy atom. The SMILES string of the molecule is O=C(NCc1cccc(C(F)(F)F)c1)c1csc(CN(Cc2ccc(F)cc2)Cc2ccc(Cl)cc2)n1. The molecule has 1 heterocycles. The van der Waals surface area contributed by atoms with E-state index < -0.39 is 17.6 Å². The lowest BCUT2D eigenvalue weighted by Crippen LogP contribution is -2.24. The van der Waals surface area contributed by atoms with E-state index in [0.29, 0.717) is 35.2 Å². The Balaban J connectivity index is 1.42. The van der Waals surface area contributed by atoms with E-state index in [2.05, 4.69) is 15.2 Å². The standard InChI is InChI=1S/C27H22ClF4N3OS/c28-22-8-4-18(5-9-22)14-35(15-19-6-10-23(29)11-7-19)16-25-34-24(17-37-25)26(36)33-13-20-2-1-3-21(12-20)27(30,31)32/h1-12,17H,13-16H2,(H,33,36). The van der Waals surface area contributed by atoms with Crippen molar-refractivity contribution in [2.24, 2.45) is 0 Å². The van der Waals surface area contributed by atoms with E-state index in [4.69, 9.17) is 11.6 Å². The highest BCUT2D eigenvalue weighted by atomic mass is 35.5. The van der Waals surface area contributed by atoms with E-state index >= 15 is 0 Å². The molecule has 37 heavy (non-hydrogen) atoms. The molecule has 4 rings (SSSR count). The van der Waals surface area contributed by atoms with Crippen LogP contribution in [0.2, 0.25) is 5.02 Å². The lowest BCUT2D eigenvalue weighted by Gasteiger charge is -2.21. The maximum atomic E-state index is 13.4. The number of carbonyl (C=O) groups is 1. The average molecular weight is 548 g/mol. The highest BCUT2D eigenvalue weighted by molar-refractivity contribution is 7.09. The number of aromatic nitrogens is 1. The summed E-state index contributed by atoms with van der Waals surface area (Å²) in [7, 11) is 0. The second-order valence-corrected chi connectivity index (χ2v) is 9.78. The third kappa shape index (κ3) is 7.85. The number of benzene rings is 3. The van der Waals surface area contributed by atoms with Crippen LogP contribution in [0.4, 0.5) is 17.6 Å². The molecule has 0 bridgehead atoms. The van der Waals surface area contributed by atoms with Gasteiger partial charge in [0.05, 0.1) is 12.1 Å². The fourth-order valence-corrected chi connectivity index (χ4v) is 4.61. The molecule has 1 N–H and O–H groups in total. The summed E-state index contributed by atoms with van der Waals surface area (Å²) in [6.45, 7) is 1.49. The minimum absolute atomic E-state index is 0.0527. The van der Waals surface area contributed by atoms with Crippen molar-refractivity contribution in [2.45, 2.75) is 32.4 Å². The van der Waals surface area contributed by atoms with Gasteiger partial charge in [0.1, 0.15) is 16.5 Å². The minimum Gasteiger partial charge on any atom is -0.347 e. The van der Waals surface area contributed by atoms with Crippen LogP contribution in [-0.4, -0.2) is 15.8 Å². The molecule has 0 unspecified atom stereocenters. The third-order valence-corrected chi connectivity index (χ3v) is 6.58. The number of nitrogens with one attached hydrogen (secondary N) is 1. The summed E-state index contributed by atoms with van der Waals surface area (Å²) in [6, 6.07) is 18.6. The maximum Gasteiger partial charge on any atom is 0.416 e. The maximum absolute atomic E-state index is 13.4. The minimum atomic E-state index is -4.45. The summed E-state index contributed by atoms with van der Waals surface area (Å²) < 4.78 is 52.1. The van der Waals surface area contributed by atoms with Crippen molar-refractivity contribution < 1.29 is 22.4 Å². The second kappa shape index (κ2) is 11.9. The molecule has 0 saturated heterocycles. The number of hydrogen-bond acceptors (Lipinski definition) is 4. The fourth-order valence-electron chi connectivity index (χ4n) is 3.67. The van der Waals surface area contributed by atoms with Crippen molar-refractivity contribution >= 4 is 28.8 Å². The first-order valence-electron chi connectivity index (χ1n) is 11.3. The first kappa shape index (κ1) is 26.8. The molecule has 1 aromatic heterocycles. The van der Waals surface area contributed by atoms with Gasteiger partial charge in [0, 0.05) is 30.0 Å². The normalized spacial score (nSPS) is 11.6. The molecule has 0 radical (unpaired) electrons. The van der Waals surface area contributed by atoms with Gasteiger partial charge in [-0.05, 0) is 53.1 Å². The predicted molar refractivity (Wildman–Crippen MR) is 136 cm³/mol. The summed E-state index contributed by atoms with van der Waals surface area (Å²) in [5.74, 6) is -0.781. The van der Waals surface area contributed by atoms with E-state index in [-0.39, 0.29) is 18.1 Å². The van der Waals surface area contributed by atoms with Crippen LogP contribution < -0.4 is 5.32 Å². The van der Waals surface area contributed by atoms with E-state index in [1.54, 1.807) is 17.5 Å². The van der Waals surface area contributed by atoms with Crippen molar-refractivity contribution in [3.8, 4) is 0 Å². The molecule has 10 heteroatoms. The number of rotatable bonds is 9. The van der Waals surface area contributed by atoms with Crippen LogP contribution in [0.25, 0.3) is 0 Å². The molecule has 0 atom stereocenters. The Morgan fingerprint density at radius 1 is 0.919 bits per heavy atom. The predicted octanol–water partition coefficient (Wildman–Crippen LogP) is 7.09. The molecular formula is C27H22ClF4N3OS. The Kier molecular flexibility index (Phi) is 8.58. The highest BCUT2D eigenvalue weighted by Gasteiger charge is 2.30. The highest BCUT2D eigenvalue weighted by Crippen LogP contribution is 2.29. The number of amides is 1. The molecule has 0 spiro atoms. The van der Waals surface area contributed by atoms with Crippen LogP contribution >= 0.6 is 22.9 Å². The Bertz CT molecular complexity index is 1290. The summed E-state index contributed by atoms with van der Waals surface area (Å²) >= 11 is 7.32. The van der Waals surface area contributed by atoms with Crippen molar-refractivity contribution in [2.75, 3.05) is 0 Å². The van der Waals surface area contributed by atoms with Crippen molar-refractivity contribution in [1.82, 2.24) is 15.2 Å². The zero-order valence-corrected chi connectivity index (χ0v) is 21.0. The summed E-state index contributed by atoms with van der Waals surface area (Å²) in [6.07, 6.45) is -4.45. The number of thiazole rings is 1. The largest absolute Gasteiger partial charge is 0.416 e. The van der Waals surface area contributed by atoms with Crippen molar-refractivity contribution in [1.29, 1.82) is 0 Å². The van der Waals surface area contributed by atoms with Crippen LogP contribution in [0, 0.1) is 5.82 Å². The lowest BCUT2D eigenvalue weighted by molar-refractivity contribution is -0.137. The quantitative estimate of drug-likeness (QED) is 0.228. The smallest absolute Gasteiger partial charge is 0.347 e. The molecule has 0 aliphatic rings. The van der Waals surface area contributed by atoms with Crippen LogP contribution in [0.15, 0.2) is 78.2 Å². The van der Waals surface area contributed by atoms with Gasteiger partial charge in [0.15, 0.2) is 0 Å². The number of carbonyl (C=O) groups excluding carboxylic acids is 1. The van der Waals surface area contributed by atoms with E-state index in [1.165, 1.54) is 35.6 Å². The van der Waals surface area contributed by atoms with Gasteiger partial charge in [0.2, 0.25) is 0 Å². The van der Waals surface area contributed by atoms with Gasteiger partial charge in [-0.25, -0.2) is 9.37 Å². The molecule has 192 valence electrons. The first-order valence-corrected chi connectivity index (χ1v) is 12.5. The Morgan fingerprint density at radius 3 is 2.22 bits per heavy atom. The van der Waals surface area contributed by atoms with E-state index in [1.807, 2.05) is 24.3 Å².